The first-order chi connectivity index (χ1) is 12.4. The Morgan fingerprint density at radius 1 is 1.35 bits per heavy atom. The van der Waals surface area contributed by atoms with Crippen molar-refractivity contribution in [1.82, 2.24) is 19.8 Å². The number of likely N-dealkylation sites (tertiary alicyclic amines) is 2. The number of hydrogen-bond acceptors (Lipinski definition) is 5. The number of aromatic nitrogens is 2. The fourth-order valence-electron chi connectivity index (χ4n) is 4.13. The predicted molar refractivity (Wildman–Crippen MR) is 90.5 cm³/mol. The van der Waals surface area contributed by atoms with E-state index in [2.05, 4.69) is 9.97 Å². The first kappa shape index (κ1) is 16.9. The summed E-state index contributed by atoms with van der Waals surface area (Å²) in [5, 5.41) is 9.79. The highest BCUT2D eigenvalue weighted by Crippen LogP contribution is 2.44. The molecule has 0 unspecified atom stereocenters. The van der Waals surface area contributed by atoms with Gasteiger partial charge in [0.25, 0.3) is 5.91 Å². The third kappa shape index (κ3) is 2.39. The summed E-state index contributed by atoms with van der Waals surface area (Å²) >= 11 is 0. The minimum Gasteiger partial charge on any atom is -0.481 e. The number of carboxylic acid groups (broad SMARTS) is 1. The molecule has 1 aromatic heterocycles. The Balaban J connectivity index is 1.59. The van der Waals surface area contributed by atoms with Gasteiger partial charge in [-0.3, -0.25) is 14.4 Å². The summed E-state index contributed by atoms with van der Waals surface area (Å²) in [6.45, 7) is 4.41. The number of aliphatic carboxylic acids is 1. The molecule has 3 fully saturated rings. The Morgan fingerprint density at radius 2 is 2.08 bits per heavy atom. The Kier molecular flexibility index (Phi) is 3.75. The maximum Gasteiger partial charge on any atom is 0.314 e. The van der Waals surface area contributed by atoms with Crippen molar-refractivity contribution in [3.8, 4) is 0 Å². The lowest BCUT2D eigenvalue weighted by molar-refractivity contribution is -0.149. The van der Waals surface area contributed by atoms with E-state index in [-0.39, 0.29) is 31.4 Å². The molecule has 1 aliphatic carbocycles. The van der Waals surface area contributed by atoms with Crippen LogP contribution in [0.2, 0.25) is 0 Å². The molecule has 1 N–H and O–H groups in total. The van der Waals surface area contributed by atoms with Gasteiger partial charge >= 0.3 is 5.97 Å². The number of rotatable bonds is 4. The van der Waals surface area contributed by atoms with Crippen molar-refractivity contribution in [3.63, 3.8) is 0 Å². The van der Waals surface area contributed by atoms with Crippen molar-refractivity contribution >= 4 is 17.8 Å². The summed E-state index contributed by atoms with van der Waals surface area (Å²) in [5.41, 5.74) is -0.226. The third-order valence-electron chi connectivity index (χ3n) is 5.89. The van der Waals surface area contributed by atoms with Gasteiger partial charge in [-0.1, -0.05) is 0 Å². The van der Waals surface area contributed by atoms with Crippen LogP contribution < -0.4 is 0 Å². The highest BCUT2D eigenvalue weighted by molar-refractivity contribution is 5.98. The van der Waals surface area contributed by atoms with E-state index in [1.165, 1.54) is 4.90 Å². The Bertz CT molecular complexity index is 806. The zero-order chi connectivity index (χ0) is 18.6. The summed E-state index contributed by atoms with van der Waals surface area (Å²) in [5.74, 6) is -1.00. The molecule has 2 amide bonds. The zero-order valence-electron chi connectivity index (χ0n) is 14.9. The molecule has 1 aromatic rings. The second kappa shape index (κ2) is 5.75. The number of nitrogens with zero attached hydrogens (tertiary/aromatic N) is 4. The van der Waals surface area contributed by atoms with Crippen LogP contribution in [0.1, 0.15) is 47.6 Å². The number of amides is 2. The van der Waals surface area contributed by atoms with Crippen LogP contribution in [0.4, 0.5) is 0 Å². The molecule has 138 valence electrons. The quantitative estimate of drug-likeness (QED) is 0.848. The van der Waals surface area contributed by atoms with Crippen molar-refractivity contribution in [1.29, 1.82) is 0 Å². The van der Waals surface area contributed by atoms with Gasteiger partial charge in [0, 0.05) is 38.3 Å². The van der Waals surface area contributed by atoms with Gasteiger partial charge < -0.3 is 14.9 Å². The lowest BCUT2D eigenvalue weighted by Gasteiger charge is -2.25. The van der Waals surface area contributed by atoms with Crippen LogP contribution in [0.25, 0.3) is 0 Å². The maximum atomic E-state index is 12.9. The summed E-state index contributed by atoms with van der Waals surface area (Å²) in [6, 6.07) is 0. The van der Waals surface area contributed by atoms with Crippen LogP contribution >= 0.6 is 0 Å². The second-order valence-electron chi connectivity index (χ2n) is 7.55. The van der Waals surface area contributed by atoms with Crippen molar-refractivity contribution in [2.75, 3.05) is 26.2 Å². The van der Waals surface area contributed by atoms with Gasteiger partial charge in [0.1, 0.15) is 11.2 Å². The molecule has 8 nitrogen and oxygen atoms in total. The highest BCUT2D eigenvalue weighted by atomic mass is 16.4. The Hall–Kier alpha value is -2.51. The van der Waals surface area contributed by atoms with Crippen molar-refractivity contribution < 1.29 is 19.5 Å². The van der Waals surface area contributed by atoms with Gasteiger partial charge in [-0.25, -0.2) is 9.97 Å². The predicted octanol–water partition coefficient (Wildman–Crippen LogP) is 0.668. The van der Waals surface area contributed by atoms with E-state index >= 15 is 0 Å². The van der Waals surface area contributed by atoms with Gasteiger partial charge in [-0.15, -0.1) is 0 Å². The molecule has 2 saturated heterocycles. The van der Waals surface area contributed by atoms with Gasteiger partial charge in [-0.2, -0.15) is 0 Å². The number of carbonyl (C=O) groups is 3. The average molecular weight is 358 g/mol. The van der Waals surface area contributed by atoms with Crippen LogP contribution in [-0.2, 0) is 9.59 Å². The average Bonchev–Trinajstić information content (AvgIpc) is 3.33. The normalized spacial score (nSPS) is 27.8. The fourth-order valence-corrected chi connectivity index (χ4v) is 4.13. The highest BCUT2D eigenvalue weighted by Gasteiger charge is 2.62. The van der Waals surface area contributed by atoms with Crippen LogP contribution in [0.15, 0.2) is 6.20 Å². The molecule has 3 aliphatic rings. The molecule has 1 saturated carbocycles. The van der Waals surface area contributed by atoms with Crippen LogP contribution in [0, 0.1) is 18.3 Å². The molecular formula is C18H22N4O4. The molecule has 0 spiro atoms. The minimum absolute atomic E-state index is 0.0396. The second-order valence-corrected chi connectivity index (χ2v) is 7.55. The molecule has 0 aromatic carbocycles. The first-order valence-corrected chi connectivity index (χ1v) is 9.02. The largest absolute Gasteiger partial charge is 0.481 e. The third-order valence-corrected chi connectivity index (χ3v) is 5.89. The minimum atomic E-state index is -1.22. The lowest BCUT2D eigenvalue weighted by atomic mass is 9.81. The van der Waals surface area contributed by atoms with E-state index in [4.69, 9.17) is 0 Å². The Labute approximate surface area is 151 Å². The summed E-state index contributed by atoms with van der Waals surface area (Å²) in [6.07, 6.45) is 3.70. The molecule has 0 radical (unpaired) electrons. The van der Waals surface area contributed by atoms with Crippen molar-refractivity contribution in [2.45, 2.75) is 32.6 Å². The number of carbonyl (C=O) groups excluding carboxylic acids is 2. The summed E-state index contributed by atoms with van der Waals surface area (Å²) in [7, 11) is 0. The Morgan fingerprint density at radius 3 is 2.62 bits per heavy atom. The molecule has 0 bridgehead atoms. The molecule has 3 heterocycles. The molecular weight excluding hydrogens is 336 g/mol. The summed E-state index contributed by atoms with van der Waals surface area (Å²) < 4.78 is 0. The molecule has 4 rings (SSSR count). The number of fused-ring (bicyclic) bond motifs is 1. The standard InChI is InChI=1S/C18H22N4O4/c1-3-21-8-18(17(25)26)9-22(7-13(18)16(21)24)15(23)12-6-19-14(11-4-5-11)20-10(12)2/h6,11,13H,3-5,7-9H2,1-2H3,(H,25,26)/t13-,18+/m0/s1. The molecule has 2 aliphatic heterocycles. The lowest BCUT2D eigenvalue weighted by Crippen LogP contribution is -2.42. The van der Waals surface area contributed by atoms with Crippen LogP contribution in [0.5, 0.6) is 0 Å². The molecule has 26 heavy (non-hydrogen) atoms. The van der Waals surface area contributed by atoms with Crippen LogP contribution in [-0.4, -0.2) is 68.8 Å². The van der Waals surface area contributed by atoms with E-state index in [0.717, 1.165) is 18.7 Å². The van der Waals surface area contributed by atoms with Gasteiger partial charge in [-0.05, 0) is 26.7 Å². The van der Waals surface area contributed by atoms with Crippen molar-refractivity contribution in [2.24, 2.45) is 11.3 Å². The van der Waals surface area contributed by atoms with E-state index in [1.54, 1.807) is 18.0 Å². The van der Waals surface area contributed by atoms with E-state index in [9.17, 15) is 19.5 Å². The fraction of sp³-hybridized carbons (Fsp3) is 0.611. The van der Waals surface area contributed by atoms with E-state index in [1.807, 2.05) is 6.92 Å². The number of carboxylic acids is 1. The van der Waals surface area contributed by atoms with Gasteiger partial charge in [0.2, 0.25) is 5.91 Å². The maximum absolute atomic E-state index is 12.9. The van der Waals surface area contributed by atoms with E-state index < -0.39 is 17.3 Å². The number of hydrogen-bond donors (Lipinski definition) is 1. The zero-order valence-corrected chi connectivity index (χ0v) is 14.9. The van der Waals surface area contributed by atoms with E-state index in [0.29, 0.717) is 23.7 Å². The number of aryl methyl sites for hydroxylation is 1. The smallest absolute Gasteiger partial charge is 0.314 e. The summed E-state index contributed by atoms with van der Waals surface area (Å²) in [4.78, 5) is 49.2. The monoisotopic (exact) mass is 358 g/mol. The van der Waals surface area contributed by atoms with Gasteiger partial charge in [0.05, 0.1) is 17.2 Å². The molecule has 2 atom stereocenters. The first-order valence-electron chi connectivity index (χ1n) is 9.02. The SMILES string of the molecule is CCN1C[C@@]2(C(=O)O)CN(C(=O)c3cnc(C4CC4)nc3C)C[C@H]2C1=O. The topological polar surface area (TPSA) is 104 Å². The van der Waals surface area contributed by atoms with Crippen LogP contribution in [0.3, 0.4) is 0 Å². The van der Waals surface area contributed by atoms with Gasteiger partial charge in [0.15, 0.2) is 0 Å². The molecule has 8 heteroatoms. The van der Waals surface area contributed by atoms with Crippen molar-refractivity contribution in [3.05, 3.63) is 23.3 Å².